The molecule has 1 nitrogen and oxygen atoms in total. The molecule has 18 heavy (non-hydrogen) atoms. The van der Waals surface area contributed by atoms with Crippen molar-refractivity contribution in [2.75, 3.05) is 13.1 Å². The van der Waals surface area contributed by atoms with Gasteiger partial charge in [-0.25, -0.2) is 0 Å². The molecule has 1 N–H and O–H groups in total. The molecule has 0 aromatic rings. The van der Waals surface area contributed by atoms with Crippen molar-refractivity contribution in [3.05, 3.63) is 36.5 Å². The van der Waals surface area contributed by atoms with Crippen LogP contribution in [0, 0.1) is 0 Å². The smallest absolute Gasteiger partial charge is 0.305 e. The molecule has 0 atom stereocenters. The molecule has 0 aromatic carbocycles. The van der Waals surface area contributed by atoms with Crippen molar-refractivity contribution in [3.63, 3.8) is 0 Å². The standard InChI is InChI=1S/C10H14F3N.2C2H6/c1-3-4-5-6-9(2)7-14-8-10(11,12)13;2*1-2/h3-6,14H,2,7-8H2,1H3;2*1-2H3/b4-3-,6-5-;;. The molecule has 0 aliphatic carbocycles. The van der Waals surface area contributed by atoms with Gasteiger partial charge in [0.15, 0.2) is 0 Å². The summed E-state index contributed by atoms with van der Waals surface area (Å²) in [6.07, 6.45) is 2.86. The van der Waals surface area contributed by atoms with Gasteiger partial charge < -0.3 is 5.32 Å². The molecular weight excluding hydrogens is 239 g/mol. The number of hydrogen-bond acceptors (Lipinski definition) is 1. The number of allylic oxidation sites excluding steroid dienone is 3. The summed E-state index contributed by atoms with van der Waals surface area (Å²) in [6.45, 7) is 12.6. The molecule has 0 saturated heterocycles. The van der Waals surface area contributed by atoms with E-state index in [9.17, 15) is 13.2 Å². The lowest BCUT2D eigenvalue weighted by molar-refractivity contribution is -0.124. The quantitative estimate of drug-likeness (QED) is 0.699. The normalized spacial score (nSPS) is 10.7. The van der Waals surface area contributed by atoms with Crippen LogP contribution < -0.4 is 5.32 Å². The molecule has 0 heterocycles. The highest BCUT2D eigenvalue weighted by Crippen LogP contribution is 2.12. The Balaban J connectivity index is -0.000000506. The van der Waals surface area contributed by atoms with Crippen LogP contribution in [0.25, 0.3) is 0 Å². The summed E-state index contributed by atoms with van der Waals surface area (Å²) in [5.41, 5.74) is 0.618. The molecule has 0 bridgehead atoms. The van der Waals surface area contributed by atoms with Crippen molar-refractivity contribution in [2.45, 2.75) is 40.8 Å². The Labute approximate surface area is 109 Å². The lowest BCUT2D eigenvalue weighted by Gasteiger charge is -2.07. The van der Waals surface area contributed by atoms with Crippen molar-refractivity contribution >= 4 is 0 Å². The molecule has 0 aliphatic rings. The van der Waals surface area contributed by atoms with Gasteiger partial charge in [0.1, 0.15) is 0 Å². The first kappa shape index (κ1) is 22.2. The summed E-state index contributed by atoms with van der Waals surface area (Å²) in [4.78, 5) is 0. The van der Waals surface area contributed by atoms with Gasteiger partial charge in [-0.2, -0.15) is 13.2 Å². The van der Waals surface area contributed by atoms with E-state index in [0.717, 1.165) is 0 Å². The zero-order valence-electron chi connectivity index (χ0n) is 12.1. The van der Waals surface area contributed by atoms with Crippen LogP contribution in [0.2, 0.25) is 0 Å². The van der Waals surface area contributed by atoms with E-state index in [2.05, 4.69) is 11.9 Å². The van der Waals surface area contributed by atoms with Crippen LogP contribution in [-0.2, 0) is 0 Å². The van der Waals surface area contributed by atoms with Crippen LogP contribution in [0.1, 0.15) is 34.6 Å². The van der Waals surface area contributed by atoms with Gasteiger partial charge in [0.25, 0.3) is 0 Å². The first-order chi connectivity index (χ1) is 8.45. The van der Waals surface area contributed by atoms with E-state index in [4.69, 9.17) is 0 Å². The SMILES string of the molecule is C=C(/C=C\C=C/C)CNCC(F)(F)F.CC.CC. The van der Waals surface area contributed by atoms with Gasteiger partial charge in [-0.3, -0.25) is 0 Å². The Morgan fingerprint density at radius 1 is 1.11 bits per heavy atom. The van der Waals surface area contributed by atoms with Crippen LogP contribution in [0.4, 0.5) is 13.2 Å². The third-order valence-electron chi connectivity index (χ3n) is 1.31. The number of alkyl halides is 3. The molecule has 0 spiro atoms. The molecule has 0 amide bonds. The van der Waals surface area contributed by atoms with Crippen molar-refractivity contribution < 1.29 is 13.2 Å². The predicted molar refractivity (Wildman–Crippen MR) is 74.7 cm³/mol. The highest BCUT2D eigenvalue weighted by Gasteiger charge is 2.25. The predicted octanol–water partition coefficient (Wildman–Crippen LogP) is 4.88. The van der Waals surface area contributed by atoms with E-state index >= 15 is 0 Å². The van der Waals surface area contributed by atoms with E-state index in [1.165, 1.54) is 0 Å². The van der Waals surface area contributed by atoms with Crippen LogP contribution >= 0.6 is 0 Å². The van der Waals surface area contributed by atoms with Gasteiger partial charge >= 0.3 is 6.18 Å². The fourth-order valence-corrected chi connectivity index (χ4v) is 0.726. The van der Waals surface area contributed by atoms with Gasteiger partial charge in [0, 0.05) is 6.54 Å². The maximum Gasteiger partial charge on any atom is 0.401 e. The lowest BCUT2D eigenvalue weighted by Crippen LogP contribution is -2.29. The maximum absolute atomic E-state index is 11.7. The second-order valence-electron chi connectivity index (χ2n) is 2.76. The molecule has 108 valence electrons. The lowest BCUT2D eigenvalue weighted by atomic mass is 10.2. The summed E-state index contributed by atoms with van der Waals surface area (Å²) in [6, 6.07) is 0. The second-order valence-corrected chi connectivity index (χ2v) is 2.76. The molecule has 0 radical (unpaired) electrons. The van der Waals surface area contributed by atoms with Gasteiger partial charge in [-0.1, -0.05) is 58.6 Å². The van der Waals surface area contributed by atoms with Crippen molar-refractivity contribution in [1.82, 2.24) is 5.32 Å². The fraction of sp³-hybridized carbons (Fsp3) is 0.571. The largest absolute Gasteiger partial charge is 0.401 e. The Hall–Kier alpha value is -1.03. The average molecular weight is 265 g/mol. The van der Waals surface area contributed by atoms with E-state index in [0.29, 0.717) is 5.57 Å². The number of rotatable bonds is 5. The molecule has 0 saturated carbocycles. The van der Waals surface area contributed by atoms with Crippen LogP contribution in [0.5, 0.6) is 0 Å². The maximum atomic E-state index is 11.7. The summed E-state index contributed by atoms with van der Waals surface area (Å²) in [7, 11) is 0. The zero-order chi connectivity index (χ0) is 15.0. The molecular formula is C14H26F3N. The summed E-state index contributed by atoms with van der Waals surface area (Å²) >= 11 is 0. The zero-order valence-corrected chi connectivity index (χ0v) is 12.1. The topological polar surface area (TPSA) is 12.0 Å². The average Bonchev–Trinajstić information content (AvgIpc) is 2.33. The minimum Gasteiger partial charge on any atom is -0.305 e. The second kappa shape index (κ2) is 16.0. The van der Waals surface area contributed by atoms with E-state index in [-0.39, 0.29) is 6.54 Å². The molecule has 0 aromatic heterocycles. The van der Waals surface area contributed by atoms with Gasteiger partial charge in [0.2, 0.25) is 0 Å². The van der Waals surface area contributed by atoms with Crippen LogP contribution in [0.3, 0.4) is 0 Å². The summed E-state index contributed by atoms with van der Waals surface area (Å²) in [5.74, 6) is 0. The minimum atomic E-state index is -4.16. The third-order valence-corrected chi connectivity index (χ3v) is 1.31. The Bertz CT molecular complexity index is 228. The fourth-order valence-electron chi connectivity index (χ4n) is 0.726. The van der Waals surface area contributed by atoms with Crippen molar-refractivity contribution in [3.8, 4) is 0 Å². The molecule has 0 unspecified atom stereocenters. The third kappa shape index (κ3) is 24.3. The first-order valence-electron chi connectivity index (χ1n) is 6.20. The summed E-state index contributed by atoms with van der Waals surface area (Å²) < 4.78 is 35.1. The molecule has 4 heteroatoms. The van der Waals surface area contributed by atoms with E-state index in [1.54, 1.807) is 18.2 Å². The van der Waals surface area contributed by atoms with Gasteiger partial charge in [-0.05, 0) is 12.5 Å². The Kier molecular flexibility index (Phi) is 19.7. The number of nitrogens with one attached hydrogen (secondary N) is 1. The van der Waals surface area contributed by atoms with E-state index in [1.807, 2.05) is 40.7 Å². The van der Waals surface area contributed by atoms with Gasteiger partial charge in [0.05, 0.1) is 6.54 Å². The van der Waals surface area contributed by atoms with Crippen molar-refractivity contribution in [1.29, 1.82) is 0 Å². The monoisotopic (exact) mass is 265 g/mol. The first-order valence-corrected chi connectivity index (χ1v) is 6.20. The molecule has 0 aliphatic heterocycles. The Morgan fingerprint density at radius 3 is 2.00 bits per heavy atom. The van der Waals surface area contributed by atoms with Crippen LogP contribution in [-0.4, -0.2) is 19.3 Å². The Morgan fingerprint density at radius 2 is 1.61 bits per heavy atom. The van der Waals surface area contributed by atoms with Crippen LogP contribution in [0.15, 0.2) is 36.5 Å². The highest BCUT2D eigenvalue weighted by atomic mass is 19.4. The number of halogens is 3. The van der Waals surface area contributed by atoms with Crippen molar-refractivity contribution in [2.24, 2.45) is 0 Å². The minimum absolute atomic E-state index is 0.146. The molecule has 0 fully saturated rings. The van der Waals surface area contributed by atoms with E-state index < -0.39 is 12.7 Å². The number of hydrogen-bond donors (Lipinski definition) is 1. The highest BCUT2D eigenvalue weighted by molar-refractivity contribution is 5.20. The van der Waals surface area contributed by atoms with Gasteiger partial charge in [-0.15, -0.1) is 0 Å². The molecule has 0 rings (SSSR count). The summed E-state index contributed by atoms with van der Waals surface area (Å²) in [5, 5.41) is 2.25.